The van der Waals surface area contributed by atoms with E-state index in [1.165, 1.54) is 4.80 Å². The lowest BCUT2D eigenvalue weighted by Gasteiger charge is -2.12. The van der Waals surface area contributed by atoms with Crippen molar-refractivity contribution in [3.63, 3.8) is 0 Å². The number of rotatable bonds is 5. The molecule has 0 spiro atoms. The van der Waals surface area contributed by atoms with Crippen LogP contribution in [0, 0.1) is 0 Å². The van der Waals surface area contributed by atoms with Gasteiger partial charge in [-0.15, -0.1) is 10.2 Å². The van der Waals surface area contributed by atoms with Gasteiger partial charge in [-0.25, -0.2) is 8.78 Å². The summed E-state index contributed by atoms with van der Waals surface area (Å²) in [5.41, 5.74) is 0. The number of aromatic nitrogens is 4. The average Bonchev–Trinajstić information content (AvgIpc) is 2.51. The van der Waals surface area contributed by atoms with Gasteiger partial charge in [0.05, 0.1) is 20.1 Å². The normalized spacial score (nSPS) is 12.0. The third-order valence-electron chi connectivity index (χ3n) is 1.45. The minimum atomic E-state index is -3.11. The molecule has 0 amide bonds. The van der Waals surface area contributed by atoms with Gasteiger partial charge in [-0.05, 0) is 5.21 Å². The van der Waals surface area contributed by atoms with Crippen LogP contribution in [0.25, 0.3) is 0 Å². The second-order valence-electron chi connectivity index (χ2n) is 2.81. The molecule has 0 aromatic carbocycles. The van der Waals surface area contributed by atoms with Crippen molar-refractivity contribution in [1.82, 2.24) is 25.5 Å². The topological polar surface area (TPSA) is 75.9 Å². The molecule has 0 aliphatic heterocycles. The summed E-state index contributed by atoms with van der Waals surface area (Å²) in [4.78, 5) is 1.24. The minimum Gasteiger partial charge on any atom is -0.390 e. The molecule has 0 fully saturated rings. The van der Waals surface area contributed by atoms with E-state index < -0.39 is 19.1 Å². The molecule has 0 saturated carbocycles. The first-order valence-electron chi connectivity index (χ1n) is 3.96. The largest absolute Gasteiger partial charge is 0.390 e. The molecule has 1 aromatic heterocycles. The molecule has 1 aromatic rings. The lowest BCUT2D eigenvalue weighted by Crippen LogP contribution is -2.35. The fraction of sp³-hybridized carbons (Fsp3) is 0.833. The maximum Gasteiger partial charge on any atom is 0.282 e. The van der Waals surface area contributed by atoms with Gasteiger partial charge in [-0.2, -0.15) is 4.80 Å². The summed E-state index contributed by atoms with van der Waals surface area (Å²) in [6, 6.07) is 0. The molecule has 80 valence electrons. The molecule has 0 unspecified atom stereocenters. The summed E-state index contributed by atoms with van der Waals surface area (Å²) < 4.78 is 25.0. The van der Waals surface area contributed by atoms with E-state index in [-0.39, 0.29) is 6.54 Å². The van der Waals surface area contributed by atoms with E-state index in [4.69, 9.17) is 5.11 Å². The summed E-state index contributed by atoms with van der Waals surface area (Å²) >= 11 is 0. The Kier molecular flexibility index (Phi) is 3.42. The standard InChI is InChI=1S/C6H11F2N5O/c1-13-11-5(10-12-13)2-9-3-6(7,8)4-14/h9,14H,2-4H2,1H3. The number of aliphatic hydroxyl groups is 1. The monoisotopic (exact) mass is 207 g/mol. The van der Waals surface area contributed by atoms with Crippen molar-refractivity contribution < 1.29 is 13.9 Å². The Bertz CT molecular complexity index is 290. The molecule has 0 saturated heterocycles. The highest BCUT2D eigenvalue weighted by Crippen LogP contribution is 2.09. The maximum atomic E-state index is 12.5. The smallest absolute Gasteiger partial charge is 0.282 e. The maximum absolute atomic E-state index is 12.5. The van der Waals surface area contributed by atoms with Gasteiger partial charge in [0.2, 0.25) is 0 Å². The Balaban J connectivity index is 2.28. The van der Waals surface area contributed by atoms with Crippen molar-refractivity contribution >= 4 is 0 Å². The highest BCUT2D eigenvalue weighted by Gasteiger charge is 2.26. The average molecular weight is 207 g/mol. The molecule has 1 rings (SSSR count). The molecule has 6 nitrogen and oxygen atoms in total. The van der Waals surface area contributed by atoms with Crippen LogP contribution in [0.2, 0.25) is 0 Å². The predicted molar refractivity (Wildman–Crippen MR) is 42.5 cm³/mol. The summed E-state index contributed by atoms with van der Waals surface area (Å²) in [5, 5.41) is 21.6. The molecular formula is C6H11F2N5O. The van der Waals surface area contributed by atoms with Gasteiger partial charge in [0.15, 0.2) is 5.82 Å². The van der Waals surface area contributed by atoms with Crippen LogP contribution in [0.4, 0.5) is 8.78 Å². The molecular weight excluding hydrogens is 196 g/mol. The van der Waals surface area contributed by atoms with Crippen LogP contribution in [0.1, 0.15) is 5.82 Å². The van der Waals surface area contributed by atoms with Crippen LogP contribution in [-0.2, 0) is 13.6 Å². The second kappa shape index (κ2) is 4.38. The van der Waals surface area contributed by atoms with Crippen LogP contribution in [0.15, 0.2) is 0 Å². The predicted octanol–water partition coefficient (Wildman–Crippen LogP) is -1.07. The summed E-state index contributed by atoms with van der Waals surface area (Å²) in [7, 11) is 1.58. The van der Waals surface area contributed by atoms with Gasteiger partial charge in [0, 0.05) is 0 Å². The first-order valence-corrected chi connectivity index (χ1v) is 3.96. The number of aryl methyl sites for hydroxylation is 1. The Morgan fingerprint density at radius 2 is 2.29 bits per heavy atom. The fourth-order valence-corrected chi connectivity index (χ4v) is 0.807. The number of tetrazole rings is 1. The molecule has 0 aliphatic carbocycles. The number of alkyl halides is 2. The van der Waals surface area contributed by atoms with E-state index >= 15 is 0 Å². The van der Waals surface area contributed by atoms with Crippen molar-refractivity contribution in [2.75, 3.05) is 13.2 Å². The van der Waals surface area contributed by atoms with Crippen molar-refractivity contribution in [3.8, 4) is 0 Å². The van der Waals surface area contributed by atoms with E-state index in [0.29, 0.717) is 5.82 Å². The van der Waals surface area contributed by atoms with Gasteiger partial charge >= 0.3 is 0 Å². The SMILES string of the molecule is Cn1nnc(CNCC(F)(F)CO)n1. The van der Waals surface area contributed by atoms with E-state index in [9.17, 15) is 8.78 Å². The van der Waals surface area contributed by atoms with Crippen molar-refractivity contribution in [3.05, 3.63) is 5.82 Å². The minimum absolute atomic E-state index is 0.101. The van der Waals surface area contributed by atoms with Gasteiger partial charge < -0.3 is 10.4 Å². The zero-order chi connectivity index (χ0) is 10.6. The van der Waals surface area contributed by atoms with Crippen molar-refractivity contribution in [1.29, 1.82) is 0 Å². The van der Waals surface area contributed by atoms with E-state index in [0.717, 1.165) is 0 Å². The quantitative estimate of drug-likeness (QED) is 0.642. The lowest BCUT2D eigenvalue weighted by molar-refractivity contribution is -0.0478. The van der Waals surface area contributed by atoms with Gasteiger partial charge in [0.1, 0.15) is 6.61 Å². The Hall–Kier alpha value is -1.15. The summed E-state index contributed by atoms with van der Waals surface area (Å²) in [5.74, 6) is -2.77. The number of hydrogen-bond donors (Lipinski definition) is 2. The van der Waals surface area contributed by atoms with Crippen LogP contribution < -0.4 is 5.32 Å². The van der Waals surface area contributed by atoms with Crippen molar-refractivity contribution in [2.24, 2.45) is 7.05 Å². The van der Waals surface area contributed by atoms with Crippen molar-refractivity contribution in [2.45, 2.75) is 12.5 Å². The molecule has 14 heavy (non-hydrogen) atoms. The van der Waals surface area contributed by atoms with Crippen LogP contribution in [0.5, 0.6) is 0 Å². The number of aliphatic hydroxyl groups excluding tert-OH is 1. The Morgan fingerprint density at radius 3 is 2.79 bits per heavy atom. The van der Waals surface area contributed by atoms with E-state index in [2.05, 4.69) is 20.7 Å². The van der Waals surface area contributed by atoms with Crippen LogP contribution in [-0.4, -0.2) is 44.4 Å². The number of halogens is 2. The summed E-state index contributed by atoms with van der Waals surface area (Å²) in [6.07, 6.45) is 0. The summed E-state index contributed by atoms with van der Waals surface area (Å²) in [6.45, 7) is -1.68. The molecule has 1 heterocycles. The molecule has 0 aliphatic rings. The lowest BCUT2D eigenvalue weighted by atomic mass is 10.3. The first kappa shape index (κ1) is 10.9. The molecule has 0 bridgehead atoms. The van der Waals surface area contributed by atoms with Crippen LogP contribution >= 0.6 is 0 Å². The molecule has 0 radical (unpaired) electrons. The number of nitrogens with zero attached hydrogens (tertiary/aromatic N) is 4. The molecule has 2 N–H and O–H groups in total. The highest BCUT2D eigenvalue weighted by molar-refractivity contribution is 4.77. The Labute approximate surface area is 78.9 Å². The highest BCUT2D eigenvalue weighted by atomic mass is 19.3. The number of hydrogen-bond acceptors (Lipinski definition) is 5. The third-order valence-corrected chi connectivity index (χ3v) is 1.45. The van der Waals surface area contributed by atoms with Gasteiger partial charge in [0.25, 0.3) is 5.92 Å². The third kappa shape index (κ3) is 3.30. The molecule has 8 heteroatoms. The fourth-order valence-electron chi connectivity index (χ4n) is 0.807. The van der Waals surface area contributed by atoms with Gasteiger partial charge in [-0.1, -0.05) is 0 Å². The zero-order valence-electron chi connectivity index (χ0n) is 7.61. The van der Waals surface area contributed by atoms with Crippen LogP contribution in [0.3, 0.4) is 0 Å². The Morgan fingerprint density at radius 1 is 1.57 bits per heavy atom. The second-order valence-corrected chi connectivity index (χ2v) is 2.81. The van der Waals surface area contributed by atoms with E-state index in [1.807, 2.05) is 0 Å². The molecule has 0 atom stereocenters. The van der Waals surface area contributed by atoms with Gasteiger partial charge in [-0.3, -0.25) is 0 Å². The number of nitrogens with one attached hydrogen (secondary N) is 1. The van der Waals surface area contributed by atoms with E-state index in [1.54, 1.807) is 7.05 Å². The first-order chi connectivity index (χ1) is 6.53. The zero-order valence-corrected chi connectivity index (χ0v) is 7.61.